The zero-order valence-electron chi connectivity index (χ0n) is 15.5. The van der Waals surface area contributed by atoms with Crippen LogP contribution in [-0.4, -0.2) is 48.0 Å². The Bertz CT molecular complexity index is 927. The molecule has 0 radical (unpaired) electrons. The Morgan fingerprint density at radius 3 is 2.93 bits per heavy atom. The molecule has 1 N–H and O–H groups in total. The highest BCUT2D eigenvalue weighted by molar-refractivity contribution is 6.32. The normalized spacial score (nSPS) is 16.6. The number of piperidine rings is 1. The number of nitrogens with one attached hydrogen (secondary N) is 1. The molecule has 0 spiro atoms. The lowest BCUT2D eigenvalue weighted by molar-refractivity contribution is -0.118. The second kappa shape index (κ2) is 8.24. The monoisotopic (exact) mass is 419 g/mol. The first-order chi connectivity index (χ1) is 14.0. The number of para-hydroxylation sites is 1. The van der Waals surface area contributed by atoms with Crippen molar-refractivity contribution >= 4 is 29.1 Å². The van der Waals surface area contributed by atoms with Crippen LogP contribution in [0.25, 0.3) is 0 Å². The molecule has 0 atom stereocenters. The maximum Gasteiger partial charge on any atom is 0.262 e. The number of nitrogens with zero attached hydrogens (tertiary/aromatic N) is 2. The summed E-state index contributed by atoms with van der Waals surface area (Å²) >= 11 is 5.98. The number of anilines is 1. The van der Waals surface area contributed by atoms with Crippen molar-refractivity contribution < 1.29 is 23.5 Å². The van der Waals surface area contributed by atoms with Crippen molar-refractivity contribution in [2.24, 2.45) is 5.92 Å². The van der Waals surface area contributed by atoms with Gasteiger partial charge in [0.05, 0.1) is 17.2 Å². The Morgan fingerprint density at radius 1 is 1.38 bits per heavy atom. The molecule has 2 amide bonds. The van der Waals surface area contributed by atoms with E-state index in [0.717, 1.165) is 12.8 Å². The lowest BCUT2D eigenvalue weighted by atomic mass is 9.97. The second-order valence-corrected chi connectivity index (χ2v) is 7.42. The van der Waals surface area contributed by atoms with E-state index in [1.807, 2.05) is 0 Å². The third kappa shape index (κ3) is 4.27. The van der Waals surface area contributed by atoms with Gasteiger partial charge in [-0.05, 0) is 37.0 Å². The van der Waals surface area contributed by atoms with E-state index >= 15 is 0 Å². The first-order valence-electron chi connectivity index (χ1n) is 9.30. The molecule has 4 rings (SSSR count). The molecule has 7 nitrogen and oxygen atoms in total. The minimum atomic E-state index is -0.485. The molecule has 9 heteroatoms. The Labute approximate surface area is 171 Å². The average Bonchev–Trinajstić information content (AvgIpc) is 2.73. The van der Waals surface area contributed by atoms with E-state index < -0.39 is 5.82 Å². The van der Waals surface area contributed by atoms with Crippen LogP contribution in [0.2, 0.25) is 5.02 Å². The molecule has 29 heavy (non-hydrogen) atoms. The molecule has 152 valence electrons. The van der Waals surface area contributed by atoms with E-state index in [9.17, 15) is 14.0 Å². The largest absolute Gasteiger partial charge is 0.489 e. The van der Waals surface area contributed by atoms with E-state index in [1.54, 1.807) is 17.0 Å². The first kappa shape index (κ1) is 19.4. The molecule has 0 bridgehead atoms. The number of fused-ring (bicyclic) bond motifs is 1. The smallest absolute Gasteiger partial charge is 0.262 e. The van der Waals surface area contributed by atoms with Crippen LogP contribution in [0.1, 0.15) is 23.2 Å². The van der Waals surface area contributed by atoms with Crippen LogP contribution < -0.4 is 14.8 Å². The molecular weight excluding hydrogens is 401 g/mol. The predicted octanol–water partition coefficient (Wildman–Crippen LogP) is 3.14. The van der Waals surface area contributed by atoms with Gasteiger partial charge in [0, 0.05) is 19.3 Å². The Balaban J connectivity index is 1.33. The van der Waals surface area contributed by atoms with Crippen LogP contribution in [0.3, 0.4) is 0 Å². The zero-order valence-corrected chi connectivity index (χ0v) is 16.2. The van der Waals surface area contributed by atoms with Gasteiger partial charge in [-0.3, -0.25) is 9.59 Å². The summed E-state index contributed by atoms with van der Waals surface area (Å²) in [4.78, 5) is 30.1. The molecule has 2 aliphatic heterocycles. The number of amides is 2. The number of ether oxygens (including phenoxy) is 2. The second-order valence-electron chi connectivity index (χ2n) is 7.01. The van der Waals surface area contributed by atoms with Crippen molar-refractivity contribution in [3.8, 4) is 11.6 Å². The van der Waals surface area contributed by atoms with Crippen molar-refractivity contribution in [1.82, 2.24) is 9.88 Å². The number of carbonyl (C=O) groups excluding carboxylic acids is 2. The number of carbonyl (C=O) groups is 2. The third-order valence-corrected chi connectivity index (χ3v) is 5.29. The average molecular weight is 420 g/mol. The summed E-state index contributed by atoms with van der Waals surface area (Å²) in [6.07, 6.45) is 2.92. The fourth-order valence-corrected chi connectivity index (χ4v) is 3.62. The van der Waals surface area contributed by atoms with E-state index in [2.05, 4.69) is 10.3 Å². The van der Waals surface area contributed by atoms with Crippen LogP contribution in [0.4, 0.5) is 10.1 Å². The maximum absolute atomic E-state index is 13.8. The quantitative estimate of drug-likeness (QED) is 0.823. The number of benzene rings is 1. The van der Waals surface area contributed by atoms with Gasteiger partial charge in [-0.15, -0.1) is 0 Å². The van der Waals surface area contributed by atoms with Gasteiger partial charge in [0.15, 0.2) is 18.2 Å². The minimum absolute atomic E-state index is 0.0667. The highest BCUT2D eigenvalue weighted by Gasteiger charge is 2.26. The number of aromatic nitrogens is 1. The fraction of sp³-hybridized carbons (Fsp3) is 0.350. The summed E-state index contributed by atoms with van der Waals surface area (Å²) in [5, 5.41) is 2.90. The number of hydrogen-bond acceptors (Lipinski definition) is 5. The van der Waals surface area contributed by atoms with E-state index in [0.29, 0.717) is 36.8 Å². The first-order valence-corrected chi connectivity index (χ1v) is 9.68. The summed E-state index contributed by atoms with van der Waals surface area (Å²) in [6.45, 7) is 1.36. The van der Waals surface area contributed by atoms with E-state index in [4.69, 9.17) is 21.1 Å². The van der Waals surface area contributed by atoms with Gasteiger partial charge in [0.1, 0.15) is 5.69 Å². The number of hydrogen-bond donors (Lipinski definition) is 1. The van der Waals surface area contributed by atoms with Crippen LogP contribution in [-0.2, 0) is 4.79 Å². The highest BCUT2D eigenvalue weighted by Crippen LogP contribution is 2.30. The molecule has 3 heterocycles. The van der Waals surface area contributed by atoms with Crippen molar-refractivity contribution in [3.05, 3.63) is 46.9 Å². The molecule has 1 fully saturated rings. The molecule has 1 aromatic carbocycles. The van der Waals surface area contributed by atoms with Crippen LogP contribution >= 0.6 is 11.6 Å². The summed E-state index contributed by atoms with van der Waals surface area (Å²) in [5.74, 6) is -0.345. The standard InChI is InChI=1S/C20H19ClFN3O4/c21-14-2-1-3-15(22)18(14)28-10-12-4-6-25(7-5-12)20(27)13-8-16-19(23-9-13)29-11-17(26)24-16/h1-3,8-9,12H,4-7,10-11H2,(H,24,26). The molecule has 1 saturated heterocycles. The number of halogens is 2. The Morgan fingerprint density at radius 2 is 2.17 bits per heavy atom. The molecule has 2 aromatic rings. The predicted molar refractivity (Wildman–Crippen MR) is 104 cm³/mol. The number of rotatable bonds is 4. The maximum atomic E-state index is 13.8. The fourth-order valence-electron chi connectivity index (χ4n) is 3.40. The van der Waals surface area contributed by atoms with Gasteiger partial charge in [-0.2, -0.15) is 0 Å². The van der Waals surface area contributed by atoms with Gasteiger partial charge in [0.25, 0.3) is 11.8 Å². The summed E-state index contributed by atoms with van der Waals surface area (Å²) in [6, 6.07) is 6.00. The van der Waals surface area contributed by atoms with Gasteiger partial charge in [-0.25, -0.2) is 9.37 Å². The SMILES string of the molecule is O=C1COc2ncc(C(=O)N3CCC(COc4c(F)cccc4Cl)CC3)cc2N1. The van der Waals surface area contributed by atoms with Crippen LogP contribution in [0.5, 0.6) is 11.6 Å². The lowest BCUT2D eigenvalue weighted by Gasteiger charge is -2.32. The van der Waals surface area contributed by atoms with Gasteiger partial charge >= 0.3 is 0 Å². The van der Waals surface area contributed by atoms with Crippen LogP contribution in [0, 0.1) is 11.7 Å². The molecule has 0 saturated carbocycles. The van der Waals surface area contributed by atoms with Crippen molar-refractivity contribution in [2.45, 2.75) is 12.8 Å². The van der Waals surface area contributed by atoms with Crippen LogP contribution in [0.15, 0.2) is 30.5 Å². The van der Waals surface area contributed by atoms with Crippen molar-refractivity contribution in [2.75, 3.05) is 31.6 Å². The van der Waals surface area contributed by atoms with E-state index in [-0.39, 0.29) is 35.1 Å². The third-order valence-electron chi connectivity index (χ3n) is 5.00. The number of likely N-dealkylation sites (tertiary alicyclic amines) is 1. The summed E-state index contributed by atoms with van der Waals surface area (Å²) < 4.78 is 24.6. The summed E-state index contributed by atoms with van der Waals surface area (Å²) in [5.41, 5.74) is 0.791. The molecule has 0 aliphatic carbocycles. The van der Waals surface area contributed by atoms with Gasteiger partial charge < -0.3 is 19.7 Å². The van der Waals surface area contributed by atoms with E-state index in [1.165, 1.54) is 18.3 Å². The molecular formula is C20H19ClFN3O4. The van der Waals surface area contributed by atoms with Crippen molar-refractivity contribution in [1.29, 1.82) is 0 Å². The topological polar surface area (TPSA) is 80.8 Å². The highest BCUT2D eigenvalue weighted by atomic mass is 35.5. The van der Waals surface area contributed by atoms with Crippen molar-refractivity contribution in [3.63, 3.8) is 0 Å². The lowest BCUT2D eigenvalue weighted by Crippen LogP contribution is -2.40. The summed E-state index contributed by atoms with van der Waals surface area (Å²) in [7, 11) is 0. The zero-order chi connectivity index (χ0) is 20.4. The Kier molecular flexibility index (Phi) is 5.53. The van der Waals surface area contributed by atoms with Gasteiger partial charge in [-0.1, -0.05) is 17.7 Å². The molecule has 0 unspecified atom stereocenters. The van der Waals surface area contributed by atoms with Gasteiger partial charge in [0.2, 0.25) is 5.88 Å². The Hall–Kier alpha value is -2.87. The molecule has 1 aromatic heterocycles. The minimum Gasteiger partial charge on any atom is -0.489 e. The molecule has 2 aliphatic rings. The number of pyridine rings is 1.